The number of benzene rings is 1. The van der Waals surface area contributed by atoms with Crippen molar-refractivity contribution in [2.45, 2.75) is 32.4 Å². The lowest BCUT2D eigenvalue weighted by Crippen LogP contribution is -2.58. The van der Waals surface area contributed by atoms with E-state index < -0.39 is 0 Å². The molecule has 1 aromatic carbocycles. The first-order valence-electron chi connectivity index (χ1n) is 11.3. The highest BCUT2D eigenvalue weighted by atomic mass is 32.1. The minimum Gasteiger partial charge on any atom is -0.350 e. The van der Waals surface area contributed by atoms with Crippen LogP contribution in [0.5, 0.6) is 0 Å². The molecular formula is C25H29N5OS. The quantitative estimate of drug-likeness (QED) is 0.607. The molecule has 2 aliphatic heterocycles. The highest BCUT2D eigenvalue weighted by Gasteiger charge is 2.32. The molecule has 6 nitrogen and oxygen atoms in total. The number of carbonyl (C=O) groups is 1. The average molecular weight is 448 g/mol. The van der Waals surface area contributed by atoms with Gasteiger partial charge in [-0.3, -0.25) is 14.7 Å². The van der Waals surface area contributed by atoms with Crippen LogP contribution in [0.4, 0.5) is 5.82 Å². The number of piperazine rings is 1. The van der Waals surface area contributed by atoms with Crippen LogP contribution < -0.4 is 4.90 Å². The van der Waals surface area contributed by atoms with Gasteiger partial charge in [-0.15, -0.1) is 11.3 Å². The Kier molecular flexibility index (Phi) is 5.93. The zero-order valence-electron chi connectivity index (χ0n) is 18.6. The predicted octanol–water partition coefficient (Wildman–Crippen LogP) is 3.91. The lowest BCUT2D eigenvalue weighted by Gasteiger charge is -2.44. The highest BCUT2D eigenvalue weighted by molar-refractivity contribution is 7.17. The third-order valence-corrected chi connectivity index (χ3v) is 7.65. The van der Waals surface area contributed by atoms with Crippen LogP contribution in [-0.2, 0) is 4.79 Å². The van der Waals surface area contributed by atoms with Crippen LogP contribution in [0.15, 0.2) is 54.3 Å². The number of anilines is 1. The summed E-state index contributed by atoms with van der Waals surface area (Å²) >= 11 is 1.80. The molecule has 5 rings (SSSR count). The molecule has 2 aromatic heterocycles. The monoisotopic (exact) mass is 447 g/mol. The van der Waals surface area contributed by atoms with Gasteiger partial charge in [0.1, 0.15) is 5.82 Å². The summed E-state index contributed by atoms with van der Waals surface area (Å²) in [6.07, 6.45) is 8.41. The van der Waals surface area contributed by atoms with Gasteiger partial charge in [-0.25, -0.2) is 4.98 Å². The molecule has 0 saturated carbocycles. The van der Waals surface area contributed by atoms with Crippen molar-refractivity contribution in [3.05, 3.63) is 59.9 Å². The third-order valence-electron chi connectivity index (χ3n) is 6.68. The molecule has 0 bridgehead atoms. The maximum atomic E-state index is 13.1. The van der Waals surface area contributed by atoms with Crippen molar-refractivity contribution in [3.8, 4) is 0 Å². The van der Waals surface area contributed by atoms with E-state index in [0.717, 1.165) is 31.9 Å². The summed E-state index contributed by atoms with van der Waals surface area (Å²) in [5, 5.41) is 3.45. The summed E-state index contributed by atoms with van der Waals surface area (Å²) in [5.74, 6) is 1.13. The van der Waals surface area contributed by atoms with E-state index in [4.69, 9.17) is 0 Å². The normalized spacial score (nSPS) is 22.2. The van der Waals surface area contributed by atoms with E-state index in [0.29, 0.717) is 13.1 Å². The third kappa shape index (κ3) is 4.14. The minimum atomic E-state index is 0.224. The van der Waals surface area contributed by atoms with Crippen molar-refractivity contribution in [1.82, 2.24) is 19.8 Å². The summed E-state index contributed by atoms with van der Waals surface area (Å²) in [6, 6.07) is 9.25. The molecule has 0 aliphatic carbocycles. The smallest absolute Gasteiger partial charge is 0.237 e. The van der Waals surface area contributed by atoms with E-state index in [1.54, 1.807) is 23.7 Å². The maximum Gasteiger partial charge on any atom is 0.237 e. The van der Waals surface area contributed by atoms with Crippen molar-refractivity contribution in [2.24, 2.45) is 0 Å². The first kappa shape index (κ1) is 21.1. The van der Waals surface area contributed by atoms with Gasteiger partial charge in [-0.1, -0.05) is 24.3 Å². The van der Waals surface area contributed by atoms with Gasteiger partial charge >= 0.3 is 0 Å². The van der Waals surface area contributed by atoms with Crippen molar-refractivity contribution < 1.29 is 4.79 Å². The Labute approximate surface area is 193 Å². The van der Waals surface area contributed by atoms with Gasteiger partial charge in [0.05, 0.1) is 12.7 Å². The SMILES string of the molecule is C[C@@H]1CN(c2cnccn2)[C@@H](C)CN1CC(=O)N1CC=C(c2cccc3ccsc23)CC1. The Balaban J connectivity index is 1.21. The number of amides is 1. The van der Waals surface area contributed by atoms with Crippen molar-refractivity contribution in [3.63, 3.8) is 0 Å². The number of hydrogen-bond acceptors (Lipinski definition) is 6. The van der Waals surface area contributed by atoms with Gasteiger partial charge in [0.25, 0.3) is 0 Å². The van der Waals surface area contributed by atoms with Crippen LogP contribution in [0.1, 0.15) is 25.8 Å². The summed E-state index contributed by atoms with van der Waals surface area (Å²) < 4.78 is 1.35. The lowest BCUT2D eigenvalue weighted by atomic mass is 9.98. The molecule has 0 N–H and O–H groups in total. The van der Waals surface area contributed by atoms with Crippen LogP contribution in [0.3, 0.4) is 0 Å². The van der Waals surface area contributed by atoms with E-state index in [1.807, 2.05) is 11.1 Å². The van der Waals surface area contributed by atoms with Crippen LogP contribution >= 0.6 is 11.3 Å². The van der Waals surface area contributed by atoms with Crippen molar-refractivity contribution in [1.29, 1.82) is 0 Å². The predicted molar refractivity (Wildman–Crippen MR) is 131 cm³/mol. The standard InChI is InChI=1S/C25H29N5OS/c1-18-16-30(23-14-26-9-10-27-23)19(2)15-29(18)17-24(31)28-11-6-20(7-12-28)22-5-3-4-21-8-13-32-25(21)22/h3-6,8-10,13-14,18-19H,7,11-12,15-17H2,1-2H3/t18-,19+/m1/s1. The van der Waals surface area contributed by atoms with Crippen molar-refractivity contribution >= 4 is 38.7 Å². The van der Waals surface area contributed by atoms with E-state index in [2.05, 4.69) is 69.3 Å². The number of fused-ring (bicyclic) bond motifs is 1. The summed E-state index contributed by atoms with van der Waals surface area (Å²) in [4.78, 5) is 28.4. The second-order valence-electron chi connectivity index (χ2n) is 8.81. The highest BCUT2D eigenvalue weighted by Crippen LogP contribution is 2.32. The molecule has 2 aliphatic rings. The molecule has 3 aromatic rings. The molecule has 0 unspecified atom stereocenters. The molecule has 166 valence electrons. The van der Waals surface area contributed by atoms with Crippen LogP contribution in [0.2, 0.25) is 0 Å². The molecule has 0 radical (unpaired) electrons. The first-order chi connectivity index (χ1) is 15.6. The fourth-order valence-corrected chi connectivity index (χ4v) is 5.79. The number of aromatic nitrogens is 2. The number of hydrogen-bond donors (Lipinski definition) is 0. The molecule has 2 atom stereocenters. The molecule has 7 heteroatoms. The summed E-state index contributed by atoms with van der Waals surface area (Å²) in [5.41, 5.74) is 2.69. The number of nitrogens with zero attached hydrogens (tertiary/aromatic N) is 5. The van der Waals surface area contributed by atoms with E-state index >= 15 is 0 Å². The molecular weight excluding hydrogens is 418 g/mol. The van der Waals surface area contributed by atoms with Crippen LogP contribution in [0, 0.1) is 0 Å². The van der Waals surface area contributed by atoms with Gasteiger partial charge in [0.15, 0.2) is 0 Å². The second-order valence-corrected chi connectivity index (χ2v) is 9.72. The number of rotatable bonds is 4. The summed E-state index contributed by atoms with van der Waals surface area (Å²) in [6.45, 7) is 8.04. The van der Waals surface area contributed by atoms with Gasteiger partial charge in [0, 0.05) is 55.4 Å². The Morgan fingerprint density at radius 1 is 1.16 bits per heavy atom. The van der Waals surface area contributed by atoms with Gasteiger partial charge < -0.3 is 9.80 Å². The zero-order valence-corrected chi connectivity index (χ0v) is 19.5. The van der Waals surface area contributed by atoms with Gasteiger partial charge in [-0.05, 0) is 48.2 Å². The van der Waals surface area contributed by atoms with Crippen molar-refractivity contribution in [2.75, 3.05) is 37.6 Å². The molecule has 1 amide bonds. The number of thiophene rings is 1. The molecule has 4 heterocycles. The average Bonchev–Trinajstić information content (AvgIpc) is 3.31. The fourth-order valence-electron chi connectivity index (χ4n) is 4.84. The van der Waals surface area contributed by atoms with Crippen LogP contribution in [-0.4, -0.2) is 70.5 Å². The zero-order chi connectivity index (χ0) is 22.1. The Morgan fingerprint density at radius 3 is 2.84 bits per heavy atom. The largest absolute Gasteiger partial charge is 0.350 e. The Morgan fingerprint density at radius 2 is 2.06 bits per heavy atom. The second kappa shape index (κ2) is 9.00. The first-order valence-corrected chi connectivity index (χ1v) is 12.2. The van der Waals surface area contributed by atoms with E-state index in [1.165, 1.54) is 21.2 Å². The van der Waals surface area contributed by atoms with Gasteiger partial charge in [-0.2, -0.15) is 0 Å². The molecule has 1 saturated heterocycles. The number of carbonyl (C=O) groups excluding carboxylic acids is 1. The molecule has 0 spiro atoms. The van der Waals surface area contributed by atoms with E-state index in [9.17, 15) is 4.79 Å². The Hall–Kier alpha value is -2.77. The fraction of sp³-hybridized carbons (Fsp3) is 0.400. The molecule has 1 fully saturated rings. The van der Waals surface area contributed by atoms with Gasteiger partial charge in [0.2, 0.25) is 5.91 Å². The topological polar surface area (TPSA) is 52.6 Å². The summed E-state index contributed by atoms with van der Waals surface area (Å²) in [7, 11) is 0. The van der Waals surface area contributed by atoms with Crippen LogP contribution in [0.25, 0.3) is 15.7 Å². The molecule has 32 heavy (non-hydrogen) atoms. The van der Waals surface area contributed by atoms with E-state index in [-0.39, 0.29) is 18.0 Å². The lowest BCUT2D eigenvalue weighted by molar-refractivity contribution is -0.132. The minimum absolute atomic E-state index is 0.224. The Bertz CT molecular complexity index is 1130. The maximum absolute atomic E-state index is 13.1.